The molecule has 1 N–H and O–H groups in total. The molecule has 0 aliphatic carbocycles. The van der Waals surface area contributed by atoms with Gasteiger partial charge in [-0.3, -0.25) is 4.79 Å². The van der Waals surface area contributed by atoms with Gasteiger partial charge in [0.05, 0.1) is 23.8 Å². The van der Waals surface area contributed by atoms with E-state index < -0.39 is 17.6 Å². The number of nitrogens with one attached hydrogen (secondary N) is 1. The molecule has 1 aliphatic heterocycles. The highest BCUT2D eigenvalue weighted by atomic mass is 19.4. The Kier molecular flexibility index (Phi) is 4.57. The SMILES string of the molecule is O=C(NCC1Cc2ccccc2CO1)c1ccccc1C(F)(F)F. The molecule has 1 aliphatic rings. The monoisotopic (exact) mass is 335 g/mol. The molecule has 3 nitrogen and oxygen atoms in total. The number of alkyl halides is 3. The Hall–Kier alpha value is -2.34. The van der Waals surface area contributed by atoms with Gasteiger partial charge in [0.2, 0.25) is 0 Å². The van der Waals surface area contributed by atoms with E-state index in [1.807, 2.05) is 24.3 Å². The second kappa shape index (κ2) is 6.65. The van der Waals surface area contributed by atoms with Crippen LogP contribution in [-0.2, 0) is 23.9 Å². The third-order valence-electron chi connectivity index (χ3n) is 4.01. The first-order chi connectivity index (χ1) is 11.4. The van der Waals surface area contributed by atoms with Crippen molar-refractivity contribution in [1.29, 1.82) is 0 Å². The normalized spacial score (nSPS) is 17.2. The van der Waals surface area contributed by atoms with Gasteiger partial charge in [0.25, 0.3) is 5.91 Å². The summed E-state index contributed by atoms with van der Waals surface area (Å²) in [6.07, 6.45) is -4.19. The maximum atomic E-state index is 13.0. The number of carbonyl (C=O) groups is 1. The zero-order chi connectivity index (χ0) is 17.2. The molecule has 1 heterocycles. The van der Waals surface area contributed by atoms with Gasteiger partial charge in [-0.05, 0) is 23.3 Å². The summed E-state index contributed by atoms with van der Waals surface area (Å²) in [5, 5.41) is 2.55. The van der Waals surface area contributed by atoms with E-state index in [1.54, 1.807) is 0 Å². The highest BCUT2D eigenvalue weighted by Gasteiger charge is 2.34. The Bertz CT molecular complexity index is 743. The first-order valence-electron chi connectivity index (χ1n) is 7.58. The van der Waals surface area contributed by atoms with E-state index in [9.17, 15) is 18.0 Å². The van der Waals surface area contributed by atoms with E-state index in [-0.39, 0.29) is 18.2 Å². The second-order valence-electron chi connectivity index (χ2n) is 5.66. The lowest BCUT2D eigenvalue weighted by molar-refractivity contribution is -0.137. The molecule has 0 radical (unpaired) electrons. The Morgan fingerprint density at radius 1 is 1.08 bits per heavy atom. The van der Waals surface area contributed by atoms with E-state index in [1.165, 1.54) is 18.2 Å². The van der Waals surface area contributed by atoms with Crippen LogP contribution in [0.15, 0.2) is 48.5 Å². The van der Waals surface area contributed by atoms with Crippen LogP contribution in [0.5, 0.6) is 0 Å². The zero-order valence-corrected chi connectivity index (χ0v) is 12.8. The smallest absolute Gasteiger partial charge is 0.371 e. The Morgan fingerprint density at radius 2 is 1.75 bits per heavy atom. The Balaban J connectivity index is 1.65. The molecule has 24 heavy (non-hydrogen) atoms. The number of rotatable bonds is 3. The number of fused-ring (bicyclic) bond motifs is 1. The molecule has 126 valence electrons. The van der Waals surface area contributed by atoms with Crippen molar-refractivity contribution < 1.29 is 22.7 Å². The molecule has 0 saturated carbocycles. The van der Waals surface area contributed by atoms with Gasteiger partial charge in [0.1, 0.15) is 0 Å². The van der Waals surface area contributed by atoms with Crippen molar-refractivity contribution in [2.75, 3.05) is 6.54 Å². The predicted octanol–water partition coefficient (Wildman–Crippen LogP) is 3.58. The van der Waals surface area contributed by atoms with E-state index >= 15 is 0 Å². The Morgan fingerprint density at radius 3 is 2.50 bits per heavy atom. The van der Waals surface area contributed by atoms with E-state index in [2.05, 4.69) is 5.32 Å². The lowest BCUT2D eigenvalue weighted by Crippen LogP contribution is -2.37. The summed E-state index contributed by atoms with van der Waals surface area (Å²) in [7, 11) is 0. The minimum absolute atomic E-state index is 0.166. The molecule has 0 fully saturated rings. The molecule has 2 aromatic carbocycles. The number of ether oxygens (including phenoxy) is 1. The molecule has 3 rings (SSSR count). The van der Waals surface area contributed by atoms with E-state index in [0.717, 1.165) is 17.2 Å². The van der Waals surface area contributed by atoms with Gasteiger partial charge in [-0.15, -0.1) is 0 Å². The van der Waals surface area contributed by atoms with Crippen molar-refractivity contribution in [1.82, 2.24) is 5.32 Å². The summed E-state index contributed by atoms with van der Waals surface area (Å²) in [4.78, 5) is 12.1. The van der Waals surface area contributed by atoms with Crippen LogP contribution in [0, 0.1) is 0 Å². The van der Waals surface area contributed by atoms with Crippen LogP contribution in [-0.4, -0.2) is 18.6 Å². The van der Waals surface area contributed by atoms with Gasteiger partial charge < -0.3 is 10.1 Å². The van der Waals surface area contributed by atoms with Gasteiger partial charge in [-0.1, -0.05) is 36.4 Å². The van der Waals surface area contributed by atoms with Crippen molar-refractivity contribution in [2.24, 2.45) is 0 Å². The van der Waals surface area contributed by atoms with E-state index in [4.69, 9.17) is 4.74 Å². The summed E-state index contributed by atoms with van der Waals surface area (Å²) < 4.78 is 44.5. The zero-order valence-electron chi connectivity index (χ0n) is 12.8. The molecular weight excluding hydrogens is 319 g/mol. The molecule has 0 saturated heterocycles. The molecule has 0 bridgehead atoms. The fraction of sp³-hybridized carbons (Fsp3) is 0.278. The number of hydrogen-bond acceptors (Lipinski definition) is 2. The fourth-order valence-corrected chi connectivity index (χ4v) is 2.77. The summed E-state index contributed by atoms with van der Waals surface area (Å²) in [5.74, 6) is -0.745. The molecule has 1 amide bonds. The first kappa shape index (κ1) is 16.5. The number of halogens is 3. The van der Waals surface area contributed by atoms with Crippen molar-refractivity contribution in [3.8, 4) is 0 Å². The predicted molar refractivity (Wildman–Crippen MR) is 82.5 cm³/mol. The van der Waals surface area contributed by atoms with Crippen LogP contribution in [0.3, 0.4) is 0 Å². The maximum absolute atomic E-state index is 13.0. The van der Waals surface area contributed by atoms with Gasteiger partial charge in [0, 0.05) is 13.0 Å². The summed E-state index contributed by atoms with van der Waals surface area (Å²) in [6, 6.07) is 12.6. The lowest BCUT2D eigenvalue weighted by atomic mass is 9.99. The topological polar surface area (TPSA) is 38.3 Å². The van der Waals surface area contributed by atoms with Gasteiger partial charge in [-0.25, -0.2) is 0 Å². The van der Waals surface area contributed by atoms with Gasteiger partial charge >= 0.3 is 6.18 Å². The van der Waals surface area contributed by atoms with Crippen molar-refractivity contribution >= 4 is 5.91 Å². The largest absolute Gasteiger partial charge is 0.417 e. The fourth-order valence-electron chi connectivity index (χ4n) is 2.77. The molecule has 6 heteroatoms. The van der Waals surface area contributed by atoms with Crippen LogP contribution < -0.4 is 5.32 Å². The van der Waals surface area contributed by atoms with Gasteiger partial charge in [-0.2, -0.15) is 13.2 Å². The van der Waals surface area contributed by atoms with Crippen molar-refractivity contribution in [2.45, 2.75) is 25.3 Å². The average molecular weight is 335 g/mol. The highest BCUT2D eigenvalue weighted by molar-refractivity contribution is 5.95. The standard InChI is InChI=1S/C18H16F3NO2/c19-18(20,21)16-8-4-3-7-15(16)17(23)22-10-14-9-12-5-1-2-6-13(12)11-24-14/h1-8,14H,9-11H2,(H,22,23). The van der Waals surface area contributed by atoms with Crippen molar-refractivity contribution in [3.05, 3.63) is 70.8 Å². The summed E-state index contributed by atoms with van der Waals surface area (Å²) in [6.45, 7) is 0.606. The number of hydrogen-bond donors (Lipinski definition) is 1. The quantitative estimate of drug-likeness (QED) is 0.931. The molecule has 1 atom stereocenters. The molecule has 0 spiro atoms. The Labute approximate surface area is 137 Å². The molecule has 1 unspecified atom stereocenters. The maximum Gasteiger partial charge on any atom is 0.417 e. The molecule has 2 aromatic rings. The van der Waals surface area contributed by atoms with Crippen LogP contribution in [0.2, 0.25) is 0 Å². The van der Waals surface area contributed by atoms with Crippen molar-refractivity contribution in [3.63, 3.8) is 0 Å². The summed E-state index contributed by atoms with van der Waals surface area (Å²) >= 11 is 0. The average Bonchev–Trinajstić information content (AvgIpc) is 2.58. The third kappa shape index (κ3) is 3.59. The van der Waals surface area contributed by atoms with Gasteiger partial charge in [0.15, 0.2) is 0 Å². The summed E-state index contributed by atoms with van der Waals surface area (Å²) in [5.41, 5.74) is 0.930. The number of amides is 1. The number of benzene rings is 2. The first-order valence-corrected chi connectivity index (χ1v) is 7.58. The lowest BCUT2D eigenvalue weighted by Gasteiger charge is -2.25. The minimum Gasteiger partial charge on any atom is -0.371 e. The van der Waals surface area contributed by atoms with Crippen LogP contribution in [0.25, 0.3) is 0 Å². The minimum atomic E-state index is -4.56. The van der Waals surface area contributed by atoms with Crippen LogP contribution in [0.4, 0.5) is 13.2 Å². The number of carbonyl (C=O) groups excluding carboxylic acids is 1. The van der Waals surface area contributed by atoms with Crippen LogP contribution >= 0.6 is 0 Å². The van der Waals surface area contributed by atoms with E-state index in [0.29, 0.717) is 13.0 Å². The third-order valence-corrected chi connectivity index (χ3v) is 4.01. The molecular formula is C18H16F3NO2. The van der Waals surface area contributed by atoms with Crippen LogP contribution in [0.1, 0.15) is 27.0 Å². The molecule has 0 aromatic heterocycles. The highest BCUT2D eigenvalue weighted by Crippen LogP contribution is 2.31. The second-order valence-corrected chi connectivity index (χ2v) is 5.66.